The van der Waals surface area contributed by atoms with E-state index in [1.165, 1.54) is 0 Å². The average Bonchev–Trinajstić information content (AvgIpc) is 2.85. The van der Waals surface area contributed by atoms with Gasteiger partial charge in [0.1, 0.15) is 5.75 Å². The van der Waals surface area contributed by atoms with Crippen molar-refractivity contribution in [3.05, 3.63) is 28.2 Å². The zero-order valence-corrected chi connectivity index (χ0v) is 14.6. The molecule has 3 nitrogen and oxygen atoms in total. The van der Waals surface area contributed by atoms with Crippen LogP contribution in [0.4, 0.5) is 0 Å². The molecule has 0 saturated carbocycles. The molecule has 0 aliphatic heterocycles. The van der Waals surface area contributed by atoms with E-state index < -0.39 is 0 Å². The van der Waals surface area contributed by atoms with Gasteiger partial charge in [-0.2, -0.15) is 0 Å². The van der Waals surface area contributed by atoms with E-state index in [1.54, 1.807) is 42.0 Å². The van der Waals surface area contributed by atoms with Crippen LogP contribution in [0.3, 0.4) is 0 Å². The van der Waals surface area contributed by atoms with E-state index in [9.17, 15) is 0 Å². The number of thioether (sulfide) groups is 2. The Labute approximate surface area is 133 Å². The molecule has 102 valence electrons. The van der Waals surface area contributed by atoms with E-state index in [2.05, 4.69) is 39.1 Å². The fourth-order valence-corrected chi connectivity index (χ4v) is 4.74. The van der Waals surface area contributed by atoms with Crippen LogP contribution in [-0.2, 0) is 5.75 Å². The Morgan fingerprint density at radius 3 is 2.68 bits per heavy atom. The van der Waals surface area contributed by atoms with Gasteiger partial charge in [0.2, 0.25) is 0 Å². The van der Waals surface area contributed by atoms with Crippen LogP contribution in [0.25, 0.3) is 0 Å². The predicted octanol–water partition coefficient (Wildman–Crippen LogP) is 4.71. The number of benzene rings is 1. The lowest BCUT2D eigenvalue weighted by Crippen LogP contribution is -1.90. The zero-order chi connectivity index (χ0) is 13.7. The Kier molecular flexibility index (Phi) is 6.00. The molecular weight excluding hydrogens is 364 g/mol. The highest BCUT2D eigenvalue weighted by Crippen LogP contribution is 2.33. The molecule has 0 unspecified atom stereocenters. The van der Waals surface area contributed by atoms with Crippen molar-refractivity contribution in [3.8, 4) is 5.75 Å². The highest BCUT2D eigenvalue weighted by molar-refractivity contribution is 9.10. The van der Waals surface area contributed by atoms with Gasteiger partial charge in [0, 0.05) is 15.8 Å². The summed E-state index contributed by atoms with van der Waals surface area (Å²) in [5.41, 5.74) is 1.15. The quantitative estimate of drug-likeness (QED) is 0.681. The summed E-state index contributed by atoms with van der Waals surface area (Å²) in [4.78, 5) is 0. The van der Waals surface area contributed by atoms with E-state index >= 15 is 0 Å². The minimum absolute atomic E-state index is 0.827. The van der Waals surface area contributed by atoms with Crippen LogP contribution in [0.1, 0.15) is 12.5 Å². The molecule has 0 fully saturated rings. The van der Waals surface area contributed by atoms with Crippen molar-refractivity contribution in [1.29, 1.82) is 0 Å². The molecule has 19 heavy (non-hydrogen) atoms. The molecule has 0 radical (unpaired) electrons. The van der Waals surface area contributed by atoms with E-state index in [0.29, 0.717) is 0 Å². The summed E-state index contributed by atoms with van der Waals surface area (Å²) >= 11 is 8.54. The van der Waals surface area contributed by atoms with Crippen molar-refractivity contribution < 1.29 is 4.74 Å². The van der Waals surface area contributed by atoms with E-state index in [0.717, 1.165) is 36.0 Å². The fourth-order valence-electron chi connectivity index (χ4n) is 1.44. The lowest BCUT2D eigenvalue weighted by Gasteiger charge is -2.07. The molecule has 0 aliphatic rings. The van der Waals surface area contributed by atoms with Crippen molar-refractivity contribution in [1.82, 2.24) is 10.2 Å². The summed E-state index contributed by atoms with van der Waals surface area (Å²) < 4.78 is 8.45. The molecule has 7 heteroatoms. The van der Waals surface area contributed by atoms with Gasteiger partial charge in [0.25, 0.3) is 0 Å². The summed E-state index contributed by atoms with van der Waals surface area (Å²) in [6, 6.07) is 6.03. The van der Waals surface area contributed by atoms with Crippen molar-refractivity contribution in [3.63, 3.8) is 0 Å². The Morgan fingerprint density at radius 1 is 1.26 bits per heavy atom. The second-order valence-corrected chi connectivity index (χ2v) is 8.14. The largest absolute Gasteiger partial charge is 0.496 e. The molecule has 1 aromatic carbocycles. The molecule has 0 N–H and O–H groups in total. The predicted molar refractivity (Wildman–Crippen MR) is 86.6 cm³/mol. The van der Waals surface area contributed by atoms with Crippen LogP contribution in [0.15, 0.2) is 31.4 Å². The maximum absolute atomic E-state index is 5.36. The second kappa shape index (κ2) is 7.52. The number of aromatic nitrogens is 2. The average molecular weight is 377 g/mol. The van der Waals surface area contributed by atoms with Gasteiger partial charge < -0.3 is 4.74 Å². The van der Waals surface area contributed by atoms with Gasteiger partial charge in [-0.1, -0.05) is 57.7 Å². The van der Waals surface area contributed by atoms with Gasteiger partial charge >= 0.3 is 0 Å². The first-order valence-electron chi connectivity index (χ1n) is 5.64. The number of ether oxygens (including phenoxy) is 1. The van der Waals surface area contributed by atoms with E-state index in [4.69, 9.17) is 4.74 Å². The summed E-state index contributed by atoms with van der Waals surface area (Å²) in [6.45, 7) is 2.12. The number of hydrogen-bond acceptors (Lipinski definition) is 6. The second-order valence-electron chi connectivity index (χ2n) is 3.51. The van der Waals surface area contributed by atoms with Crippen LogP contribution in [0.2, 0.25) is 0 Å². The molecular formula is C12H13BrN2OS3. The van der Waals surface area contributed by atoms with Crippen LogP contribution >= 0.6 is 50.8 Å². The third-order valence-electron chi connectivity index (χ3n) is 2.25. The Hall–Kier alpha value is -0.240. The Balaban J connectivity index is 2.03. The summed E-state index contributed by atoms with van der Waals surface area (Å²) in [7, 11) is 1.69. The number of nitrogens with zero attached hydrogens (tertiary/aromatic N) is 2. The zero-order valence-electron chi connectivity index (χ0n) is 10.6. The van der Waals surface area contributed by atoms with Gasteiger partial charge in [-0.3, -0.25) is 0 Å². The monoisotopic (exact) mass is 376 g/mol. The van der Waals surface area contributed by atoms with Gasteiger partial charge in [0.15, 0.2) is 8.68 Å². The van der Waals surface area contributed by atoms with Gasteiger partial charge in [0.05, 0.1) is 7.11 Å². The first-order chi connectivity index (χ1) is 9.22. The lowest BCUT2D eigenvalue weighted by molar-refractivity contribution is 0.411. The van der Waals surface area contributed by atoms with Gasteiger partial charge in [-0.05, 0) is 24.0 Å². The maximum Gasteiger partial charge on any atom is 0.175 e. The van der Waals surface area contributed by atoms with Crippen molar-refractivity contribution in [2.75, 3.05) is 12.9 Å². The number of hydrogen-bond donors (Lipinski definition) is 0. The third-order valence-corrected chi connectivity index (χ3v) is 5.86. The minimum atomic E-state index is 0.827. The topological polar surface area (TPSA) is 35.0 Å². The fraction of sp³-hybridized carbons (Fsp3) is 0.333. The molecule has 0 spiro atoms. The normalized spacial score (nSPS) is 10.7. The molecule has 0 aliphatic carbocycles. The van der Waals surface area contributed by atoms with Crippen LogP contribution in [-0.4, -0.2) is 23.1 Å². The molecule has 0 bridgehead atoms. The lowest BCUT2D eigenvalue weighted by atomic mass is 10.2. The number of halogens is 1. The highest BCUT2D eigenvalue weighted by atomic mass is 79.9. The smallest absolute Gasteiger partial charge is 0.175 e. The minimum Gasteiger partial charge on any atom is -0.496 e. The van der Waals surface area contributed by atoms with Crippen molar-refractivity contribution in [2.24, 2.45) is 0 Å². The first kappa shape index (κ1) is 15.2. The molecule has 1 aromatic heterocycles. The number of methoxy groups -OCH3 is 1. The molecule has 0 saturated heterocycles. The molecule has 1 heterocycles. The summed E-state index contributed by atoms with van der Waals surface area (Å²) in [6.07, 6.45) is 0. The van der Waals surface area contributed by atoms with E-state index in [1.807, 2.05) is 12.1 Å². The number of rotatable bonds is 6. The van der Waals surface area contributed by atoms with Crippen LogP contribution < -0.4 is 4.74 Å². The molecule has 2 aromatic rings. The standard InChI is InChI=1S/C12H13BrN2OS3/c1-3-17-11-14-15-12(19-11)18-7-8-6-9(13)4-5-10(8)16-2/h4-6H,3,7H2,1-2H3. The van der Waals surface area contributed by atoms with Crippen LogP contribution in [0.5, 0.6) is 5.75 Å². The Morgan fingerprint density at radius 2 is 2.00 bits per heavy atom. The molecule has 0 amide bonds. The Bertz CT molecular complexity index is 548. The molecule has 2 rings (SSSR count). The first-order valence-corrected chi connectivity index (χ1v) is 9.22. The third kappa shape index (κ3) is 4.37. The van der Waals surface area contributed by atoms with E-state index in [-0.39, 0.29) is 0 Å². The maximum atomic E-state index is 5.36. The SMILES string of the molecule is CCSc1nnc(SCc2cc(Br)ccc2OC)s1. The highest BCUT2D eigenvalue weighted by Gasteiger charge is 2.08. The van der Waals surface area contributed by atoms with Crippen molar-refractivity contribution in [2.45, 2.75) is 21.4 Å². The molecule has 0 atom stereocenters. The van der Waals surface area contributed by atoms with Gasteiger partial charge in [-0.25, -0.2) is 0 Å². The summed E-state index contributed by atoms with van der Waals surface area (Å²) in [5, 5.41) is 8.33. The van der Waals surface area contributed by atoms with Gasteiger partial charge in [-0.15, -0.1) is 10.2 Å². The van der Waals surface area contributed by atoms with Crippen molar-refractivity contribution >= 4 is 50.8 Å². The van der Waals surface area contributed by atoms with Crippen LogP contribution in [0, 0.1) is 0 Å². The summed E-state index contributed by atoms with van der Waals surface area (Å²) in [5.74, 6) is 2.76.